The molecule has 0 bridgehead atoms. The predicted molar refractivity (Wildman–Crippen MR) is 71.9 cm³/mol. The van der Waals surface area contributed by atoms with Crippen LogP contribution in [0.5, 0.6) is 0 Å². The van der Waals surface area contributed by atoms with E-state index >= 15 is 0 Å². The van der Waals surface area contributed by atoms with Crippen LogP contribution in [0.4, 0.5) is 10.5 Å². The van der Waals surface area contributed by atoms with Gasteiger partial charge in [0.2, 0.25) is 5.91 Å². The fourth-order valence-corrected chi connectivity index (χ4v) is 1.54. The topological polar surface area (TPSA) is 90.5 Å². The summed E-state index contributed by atoms with van der Waals surface area (Å²) in [4.78, 5) is 22.2. The van der Waals surface area contributed by atoms with Crippen LogP contribution in [0.2, 0.25) is 0 Å². The Labute approximate surface area is 112 Å². The molecule has 0 radical (unpaired) electrons. The van der Waals surface area contributed by atoms with E-state index in [-0.39, 0.29) is 11.9 Å². The number of unbranched alkanes of at least 4 members (excludes halogenated alkanes) is 2. The van der Waals surface area contributed by atoms with E-state index < -0.39 is 0 Å². The molecule has 1 aromatic rings. The van der Waals surface area contributed by atoms with Crippen molar-refractivity contribution in [1.29, 1.82) is 0 Å². The molecular formula is C13H19N3O3. The van der Waals surface area contributed by atoms with E-state index in [1.807, 2.05) is 30.3 Å². The molecule has 0 fully saturated rings. The Bertz CT molecular complexity index is 395. The van der Waals surface area contributed by atoms with Gasteiger partial charge >= 0.3 is 6.03 Å². The molecule has 0 spiro atoms. The van der Waals surface area contributed by atoms with Crippen molar-refractivity contribution in [3.63, 3.8) is 0 Å². The van der Waals surface area contributed by atoms with Gasteiger partial charge in [-0.3, -0.25) is 10.0 Å². The van der Waals surface area contributed by atoms with Gasteiger partial charge in [-0.15, -0.1) is 0 Å². The lowest BCUT2D eigenvalue weighted by atomic mass is 10.2. The fourth-order valence-electron chi connectivity index (χ4n) is 1.54. The first-order valence-electron chi connectivity index (χ1n) is 6.25. The molecule has 0 aliphatic rings. The maximum atomic E-state index is 11.5. The number of carbonyl (C=O) groups excluding carboxylic acids is 2. The number of para-hydroxylation sites is 1. The zero-order valence-electron chi connectivity index (χ0n) is 10.7. The van der Waals surface area contributed by atoms with Gasteiger partial charge in [0.15, 0.2) is 0 Å². The van der Waals surface area contributed by atoms with Crippen LogP contribution in [0, 0.1) is 0 Å². The minimum Gasteiger partial charge on any atom is -0.338 e. The molecule has 3 amide bonds. The highest BCUT2D eigenvalue weighted by Crippen LogP contribution is 2.04. The molecule has 0 atom stereocenters. The Morgan fingerprint density at radius 3 is 2.47 bits per heavy atom. The van der Waals surface area contributed by atoms with Gasteiger partial charge in [0, 0.05) is 18.7 Å². The number of carbonyl (C=O) groups is 2. The standard InChI is InChI=1S/C13H19N3O3/c17-12(16-19)9-5-2-6-10-14-13(18)15-11-7-3-1-4-8-11/h1,3-4,7-8,19H,2,5-6,9-10H2,(H,16,17)(H2,14,15,18). The maximum absolute atomic E-state index is 11.5. The van der Waals surface area contributed by atoms with Gasteiger partial charge in [-0.05, 0) is 25.0 Å². The summed E-state index contributed by atoms with van der Waals surface area (Å²) in [7, 11) is 0. The van der Waals surface area contributed by atoms with Crippen LogP contribution in [0.15, 0.2) is 30.3 Å². The van der Waals surface area contributed by atoms with Crippen molar-refractivity contribution in [3.8, 4) is 0 Å². The number of urea groups is 1. The van der Waals surface area contributed by atoms with E-state index in [9.17, 15) is 9.59 Å². The van der Waals surface area contributed by atoms with Crippen molar-refractivity contribution in [1.82, 2.24) is 10.8 Å². The summed E-state index contributed by atoms with van der Waals surface area (Å²) in [5.74, 6) is -0.380. The lowest BCUT2D eigenvalue weighted by molar-refractivity contribution is -0.129. The molecule has 19 heavy (non-hydrogen) atoms. The van der Waals surface area contributed by atoms with Gasteiger partial charge in [-0.1, -0.05) is 24.6 Å². The van der Waals surface area contributed by atoms with Crippen LogP contribution in [-0.4, -0.2) is 23.7 Å². The summed E-state index contributed by atoms with van der Waals surface area (Å²) in [5, 5.41) is 13.7. The summed E-state index contributed by atoms with van der Waals surface area (Å²) in [5.41, 5.74) is 2.33. The van der Waals surface area contributed by atoms with Crippen LogP contribution in [-0.2, 0) is 4.79 Å². The van der Waals surface area contributed by atoms with Crippen molar-refractivity contribution in [2.75, 3.05) is 11.9 Å². The molecule has 4 N–H and O–H groups in total. The summed E-state index contributed by atoms with van der Waals surface area (Å²) in [6, 6.07) is 8.97. The molecule has 6 heteroatoms. The molecule has 0 unspecified atom stereocenters. The molecule has 6 nitrogen and oxygen atoms in total. The third kappa shape index (κ3) is 7.05. The first-order valence-corrected chi connectivity index (χ1v) is 6.25. The number of hydroxylamine groups is 1. The lowest BCUT2D eigenvalue weighted by Gasteiger charge is -2.07. The number of hydrogen-bond donors (Lipinski definition) is 4. The lowest BCUT2D eigenvalue weighted by Crippen LogP contribution is -2.29. The highest BCUT2D eigenvalue weighted by molar-refractivity contribution is 5.89. The van der Waals surface area contributed by atoms with Gasteiger partial charge in [0.25, 0.3) is 0 Å². The average Bonchev–Trinajstić information content (AvgIpc) is 2.43. The molecule has 0 saturated carbocycles. The average molecular weight is 265 g/mol. The minimum atomic E-state index is -0.380. The van der Waals surface area contributed by atoms with E-state index in [1.165, 1.54) is 0 Å². The van der Waals surface area contributed by atoms with Crippen molar-refractivity contribution < 1.29 is 14.8 Å². The molecular weight excluding hydrogens is 246 g/mol. The molecule has 0 aliphatic heterocycles. The maximum Gasteiger partial charge on any atom is 0.319 e. The number of anilines is 1. The Morgan fingerprint density at radius 2 is 1.79 bits per heavy atom. The first kappa shape index (κ1) is 15.0. The molecule has 1 rings (SSSR count). The van der Waals surface area contributed by atoms with E-state index in [4.69, 9.17) is 5.21 Å². The van der Waals surface area contributed by atoms with Crippen LogP contribution < -0.4 is 16.1 Å². The largest absolute Gasteiger partial charge is 0.338 e. The Hall–Kier alpha value is -2.08. The van der Waals surface area contributed by atoms with E-state index in [1.54, 1.807) is 5.48 Å². The summed E-state index contributed by atoms with van der Waals surface area (Å²) < 4.78 is 0. The Kier molecular flexibility index (Phi) is 7.04. The summed E-state index contributed by atoms with van der Waals surface area (Å²) in [6.45, 7) is 0.555. The number of rotatable bonds is 7. The van der Waals surface area contributed by atoms with Crippen LogP contribution in [0.1, 0.15) is 25.7 Å². The number of hydrogen-bond acceptors (Lipinski definition) is 3. The van der Waals surface area contributed by atoms with E-state index in [2.05, 4.69) is 10.6 Å². The first-order chi connectivity index (χ1) is 9.22. The van der Waals surface area contributed by atoms with Gasteiger partial charge in [0.1, 0.15) is 0 Å². The van der Waals surface area contributed by atoms with Crippen LogP contribution in [0.3, 0.4) is 0 Å². The van der Waals surface area contributed by atoms with Gasteiger partial charge in [-0.25, -0.2) is 10.3 Å². The molecule has 0 aliphatic carbocycles. The van der Waals surface area contributed by atoms with Gasteiger partial charge in [0.05, 0.1) is 0 Å². The second-order valence-corrected chi connectivity index (χ2v) is 4.09. The molecule has 1 aromatic carbocycles. The van der Waals surface area contributed by atoms with Crippen molar-refractivity contribution in [2.24, 2.45) is 0 Å². The number of benzene rings is 1. The minimum absolute atomic E-state index is 0.237. The smallest absolute Gasteiger partial charge is 0.319 e. The quantitative estimate of drug-likeness (QED) is 0.344. The van der Waals surface area contributed by atoms with Crippen molar-refractivity contribution in [2.45, 2.75) is 25.7 Å². The highest BCUT2D eigenvalue weighted by atomic mass is 16.5. The number of amides is 3. The summed E-state index contributed by atoms with van der Waals surface area (Å²) in [6.07, 6.45) is 2.60. The van der Waals surface area contributed by atoms with Gasteiger partial charge < -0.3 is 10.6 Å². The molecule has 0 aromatic heterocycles. The Balaban J connectivity index is 2.03. The zero-order valence-corrected chi connectivity index (χ0v) is 10.7. The summed E-state index contributed by atoms with van der Waals surface area (Å²) >= 11 is 0. The predicted octanol–water partition coefficient (Wildman–Crippen LogP) is 1.87. The monoisotopic (exact) mass is 265 g/mol. The van der Waals surface area contributed by atoms with E-state index in [0.717, 1.165) is 18.5 Å². The third-order valence-electron chi connectivity index (χ3n) is 2.52. The van der Waals surface area contributed by atoms with Gasteiger partial charge in [-0.2, -0.15) is 0 Å². The highest BCUT2D eigenvalue weighted by Gasteiger charge is 2.01. The molecule has 104 valence electrons. The van der Waals surface area contributed by atoms with E-state index in [0.29, 0.717) is 19.4 Å². The fraction of sp³-hybridized carbons (Fsp3) is 0.385. The van der Waals surface area contributed by atoms with Crippen molar-refractivity contribution in [3.05, 3.63) is 30.3 Å². The SMILES string of the molecule is O=C(CCCCCNC(=O)Nc1ccccc1)NO. The van der Waals surface area contributed by atoms with Crippen molar-refractivity contribution >= 4 is 17.6 Å². The molecule has 0 heterocycles. The van der Waals surface area contributed by atoms with Crippen LogP contribution in [0.25, 0.3) is 0 Å². The second kappa shape index (κ2) is 8.93. The number of nitrogens with one attached hydrogen (secondary N) is 3. The second-order valence-electron chi connectivity index (χ2n) is 4.09. The third-order valence-corrected chi connectivity index (χ3v) is 2.52. The normalized spacial score (nSPS) is 9.74. The zero-order chi connectivity index (χ0) is 13.9. The molecule has 0 saturated heterocycles. The van der Waals surface area contributed by atoms with Crippen LogP contribution >= 0.6 is 0 Å². The Morgan fingerprint density at radius 1 is 1.05 bits per heavy atom.